The third-order valence-electron chi connectivity index (χ3n) is 5.34. The molecule has 3 aromatic rings. The van der Waals surface area contributed by atoms with E-state index < -0.39 is 0 Å². The van der Waals surface area contributed by atoms with E-state index in [-0.39, 0.29) is 17.6 Å². The number of carbonyl (C=O) groups excluding carboxylic acids is 1. The van der Waals surface area contributed by atoms with Crippen LogP contribution in [0, 0.1) is 0 Å². The van der Waals surface area contributed by atoms with Crippen LogP contribution in [0.15, 0.2) is 41.5 Å². The van der Waals surface area contributed by atoms with Crippen LogP contribution in [-0.2, 0) is 13.0 Å². The highest BCUT2D eigenvalue weighted by molar-refractivity contribution is 5.91. The Morgan fingerprint density at radius 2 is 2.17 bits per heavy atom. The zero-order valence-corrected chi connectivity index (χ0v) is 17.1. The quantitative estimate of drug-likeness (QED) is 0.647. The van der Waals surface area contributed by atoms with Gasteiger partial charge < -0.3 is 15.0 Å². The van der Waals surface area contributed by atoms with Gasteiger partial charge in [-0.25, -0.2) is 4.98 Å². The summed E-state index contributed by atoms with van der Waals surface area (Å²) in [6, 6.07) is 7.29. The van der Waals surface area contributed by atoms with E-state index in [9.17, 15) is 9.59 Å². The third kappa shape index (κ3) is 4.33. The zero-order chi connectivity index (χ0) is 21.1. The summed E-state index contributed by atoms with van der Waals surface area (Å²) in [5.41, 5.74) is 3.70. The van der Waals surface area contributed by atoms with Gasteiger partial charge >= 0.3 is 0 Å². The van der Waals surface area contributed by atoms with Crippen molar-refractivity contribution in [1.82, 2.24) is 25.2 Å². The highest BCUT2D eigenvalue weighted by atomic mass is 16.5. The molecule has 2 N–H and O–H groups in total. The molecule has 0 saturated carbocycles. The van der Waals surface area contributed by atoms with Crippen molar-refractivity contribution in [3.63, 3.8) is 0 Å². The molecule has 0 spiro atoms. The minimum atomic E-state index is -0.218. The fourth-order valence-corrected chi connectivity index (χ4v) is 3.72. The molecule has 4 rings (SSSR count). The van der Waals surface area contributed by atoms with Crippen molar-refractivity contribution in [2.75, 3.05) is 20.1 Å². The first kappa shape index (κ1) is 20.0. The maximum atomic E-state index is 12.1. The lowest BCUT2D eigenvalue weighted by Crippen LogP contribution is -2.25. The first-order valence-electron chi connectivity index (χ1n) is 10.1. The number of likely N-dealkylation sites (tertiary alicyclic amines) is 1. The summed E-state index contributed by atoms with van der Waals surface area (Å²) in [5, 5.41) is 2.55. The van der Waals surface area contributed by atoms with Gasteiger partial charge in [0.15, 0.2) is 0 Å². The Balaban J connectivity index is 1.38. The molecule has 1 aliphatic rings. The van der Waals surface area contributed by atoms with E-state index in [1.54, 1.807) is 25.4 Å². The summed E-state index contributed by atoms with van der Waals surface area (Å²) in [6.45, 7) is 4.41. The first-order valence-corrected chi connectivity index (χ1v) is 10.1. The van der Waals surface area contributed by atoms with E-state index in [1.807, 2.05) is 25.3 Å². The lowest BCUT2D eigenvalue weighted by atomic mass is 10.1. The van der Waals surface area contributed by atoms with Gasteiger partial charge in [0.1, 0.15) is 17.5 Å². The summed E-state index contributed by atoms with van der Waals surface area (Å²) < 4.78 is 6.02. The number of hydrogen-bond donors (Lipinski definition) is 2. The van der Waals surface area contributed by atoms with Gasteiger partial charge in [-0.2, -0.15) is 0 Å². The molecule has 156 valence electrons. The van der Waals surface area contributed by atoms with Crippen LogP contribution >= 0.6 is 0 Å². The molecule has 1 aliphatic heterocycles. The Morgan fingerprint density at radius 3 is 2.90 bits per heavy atom. The van der Waals surface area contributed by atoms with Crippen LogP contribution in [0.4, 0.5) is 0 Å². The average Bonchev–Trinajstić information content (AvgIpc) is 3.19. The number of amides is 1. The molecule has 30 heavy (non-hydrogen) atoms. The second kappa shape index (κ2) is 8.62. The van der Waals surface area contributed by atoms with Gasteiger partial charge in [-0.3, -0.25) is 19.5 Å². The maximum absolute atomic E-state index is 12.1. The Labute approximate surface area is 174 Å². The number of ether oxygens (including phenoxy) is 1. The summed E-state index contributed by atoms with van der Waals surface area (Å²) in [5.74, 6) is 0.441. The Bertz CT molecular complexity index is 1110. The molecular formula is C22H25N5O3. The summed E-state index contributed by atoms with van der Waals surface area (Å²) in [4.78, 5) is 37.5. The molecule has 8 nitrogen and oxygen atoms in total. The van der Waals surface area contributed by atoms with Gasteiger partial charge in [-0.15, -0.1) is 0 Å². The molecule has 3 aromatic heterocycles. The van der Waals surface area contributed by atoms with Gasteiger partial charge in [0, 0.05) is 38.4 Å². The number of carbonyl (C=O) groups is 1. The molecule has 1 saturated heterocycles. The Hall–Kier alpha value is -3.26. The molecule has 1 atom stereocenters. The van der Waals surface area contributed by atoms with Crippen LogP contribution in [0.5, 0.6) is 5.75 Å². The molecule has 1 unspecified atom stereocenters. The number of hydrogen-bond acceptors (Lipinski definition) is 6. The van der Waals surface area contributed by atoms with Crippen LogP contribution in [-0.4, -0.2) is 52.0 Å². The lowest BCUT2D eigenvalue weighted by Gasteiger charge is -2.17. The minimum Gasteiger partial charge on any atom is -0.487 e. The van der Waals surface area contributed by atoms with Crippen molar-refractivity contribution in [1.29, 1.82) is 0 Å². The van der Waals surface area contributed by atoms with Crippen molar-refractivity contribution in [3.8, 4) is 5.75 Å². The summed E-state index contributed by atoms with van der Waals surface area (Å²) >= 11 is 0. The normalized spacial score (nSPS) is 16.7. The van der Waals surface area contributed by atoms with E-state index in [4.69, 9.17) is 4.74 Å². The van der Waals surface area contributed by atoms with E-state index in [2.05, 4.69) is 25.2 Å². The van der Waals surface area contributed by atoms with Crippen molar-refractivity contribution < 1.29 is 9.53 Å². The van der Waals surface area contributed by atoms with Gasteiger partial charge in [0.2, 0.25) is 0 Å². The number of pyridine rings is 3. The predicted octanol–water partition coefficient (Wildman–Crippen LogP) is 1.89. The molecule has 0 bridgehead atoms. The average molecular weight is 407 g/mol. The number of rotatable bonds is 6. The summed E-state index contributed by atoms with van der Waals surface area (Å²) in [7, 11) is 1.58. The van der Waals surface area contributed by atoms with Crippen molar-refractivity contribution in [2.45, 2.75) is 32.4 Å². The molecule has 0 aromatic carbocycles. The van der Waals surface area contributed by atoms with Gasteiger partial charge in [-0.05, 0) is 42.7 Å². The van der Waals surface area contributed by atoms with Crippen molar-refractivity contribution in [2.24, 2.45) is 0 Å². The number of nitrogens with one attached hydrogen (secondary N) is 2. The topological polar surface area (TPSA) is 100 Å². The number of H-pyrrole nitrogens is 1. The van der Waals surface area contributed by atoms with Gasteiger partial charge in [-0.1, -0.05) is 6.92 Å². The molecule has 0 aliphatic carbocycles. The second-order valence-corrected chi connectivity index (χ2v) is 7.48. The van der Waals surface area contributed by atoms with Crippen LogP contribution in [0.3, 0.4) is 0 Å². The molecule has 0 radical (unpaired) electrons. The second-order valence-electron chi connectivity index (χ2n) is 7.48. The van der Waals surface area contributed by atoms with Crippen LogP contribution in [0.25, 0.3) is 11.0 Å². The SMILES string of the molecule is CCc1cc2ncc(CN3CCC(Oc4ccc(C(=O)NC)nc4)C3)cc2[nH]c1=O. The zero-order valence-electron chi connectivity index (χ0n) is 17.1. The van der Waals surface area contributed by atoms with Gasteiger partial charge in [0.05, 0.1) is 17.2 Å². The molecule has 1 fully saturated rings. The third-order valence-corrected chi connectivity index (χ3v) is 5.34. The van der Waals surface area contributed by atoms with E-state index >= 15 is 0 Å². The number of nitrogens with zero attached hydrogens (tertiary/aromatic N) is 3. The summed E-state index contributed by atoms with van der Waals surface area (Å²) in [6.07, 6.45) is 5.12. The number of aryl methyl sites for hydroxylation is 1. The predicted molar refractivity (Wildman–Crippen MR) is 114 cm³/mol. The van der Waals surface area contributed by atoms with Crippen LogP contribution in [0.1, 0.15) is 35.0 Å². The standard InChI is InChI=1S/C22H25N5O3/c1-3-15-9-19-20(26-21(15)28)8-14(10-24-19)12-27-7-6-17(13-27)30-16-4-5-18(25-11-16)22(29)23-2/h4-5,8-11,17H,3,6-7,12-13H2,1-2H3,(H,23,29)(H,26,28). The highest BCUT2D eigenvalue weighted by Gasteiger charge is 2.24. The first-order chi connectivity index (χ1) is 14.6. The molecule has 8 heteroatoms. The van der Waals surface area contributed by atoms with Gasteiger partial charge in [0.25, 0.3) is 11.5 Å². The van der Waals surface area contributed by atoms with E-state index in [0.29, 0.717) is 17.9 Å². The fraction of sp³-hybridized carbons (Fsp3) is 0.364. The van der Waals surface area contributed by atoms with Crippen molar-refractivity contribution >= 4 is 16.9 Å². The lowest BCUT2D eigenvalue weighted by molar-refractivity contribution is 0.0958. The number of fused-ring (bicyclic) bond motifs is 1. The molecule has 4 heterocycles. The van der Waals surface area contributed by atoms with Crippen molar-refractivity contribution in [3.05, 3.63) is 63.8 Å². The van der Waals surface area contributed by atoms with E-state index in [0.717, 1.165) is 48.2 Å². The fourth-order valence-electron chi connectivity index (χ4n) is 3.72. The Kier molecular flexibility index (Phi) is 5.76. The van der Waals surface area contributed by atoms with E-state index in [1.165, 1.54) is 0 Å². The molecular weight excluding hydrogens is 382 g/mol. The smallest absolute Gasteiger partial charge is 0.269 e. The van der Waals surface area contributed by atoms with Crippen LogP contribution < -0.4 is 15.6 Å². The monoisotopic (exact) mass is 407 g/mol. The highest BCUT2D eigenvalue weighted by Crippen LogP contribution is 2.20. The largest absolute Gasteiger partial charge is 0.487 e. The minimum absolute atomic E-state index is 0.0466. The Morgan fingerprint density at radius 1 is 1.30 bits per heavy atom. The maximum Gasteiger partial charge on any atom is 0.269 e. The molecule has 1 amide bonds. The van der Waals surface area contributed by atoms with Crippen LogP contribution in [0.2, 0.25) is 0 Å². The number of aromatic nitrogens is 3. The number of aromatic amines is 1.